The molecule has 2 atom stereocenters. The van der Waals surface area contributed by atoms with Crippen molar-refractivity contribution >= 4 is 11.9 Å². The lowest BCUT2D eigenvalue weighted by molar-refractivity contribution is -0.131. The first kappa shape index (κ1) is 7.58. The maximum absolute atomic E-state index is 11.2. The second kappa shape index (κ2) is 2.47. The van der Waals surface area contributed by atoms with Crippen molar-refractivity contribution in [1.29, 1.82) is 0 Å². The molecule has 2 aliphatic heterocycles. The number of piperidine rings is 2. The minimum atomic E-state index is -0.878. The fourth-order valence-electron chi connectivity index (χ4n) is 2.14. The molecular formula is C8H11NO3. The van der Waals surface area contributed by atoms with E-state index in [1.165, 1.54) is 4.90 Å². The summed E-state index contributed by atoms with van der Waals surface area (Å²) in [5.74, 6) is 0.245. The minimum Gasteiger partial charge on any atom is -0.465 e. The number of hydrogen-bond donors (Lipinski definition) is 1. The highest BCUT2D eigenvalue weighted by molar-refractivity contribution is 5.85. The van der Waals surface area contributed by atoms with Gasteiger partial charge in [-0.25, -0.2) is 4.79 Å². The third-order valence-electron chi connectivity index (χ3n) is 2.84. The van der Waals surface area contributed by atoms with Gasteiger partial charge in [-0.1, -0.05) is 0 Å². The zero-order valence-electron chi connectivity index (χ0n) is 6.69. The van der Waals surface area contributed by atoms with Crippen LogP contribution in [0.5, 0.6) is 0 Å². The van der Waals surface area contributed by atoms with Crippen molar-refractivity contribution in [3.8, 4) is 0 Å². The summed E-state index contributed by atoms with van der Waals surface area (Å²) >= 11 is 0. The van der Waals surface area contributed by atoms with E-state index in [2.05, 4.69) is 0 Å². The van der Waals surface area contributed by atoms with Crippen LogP contribution in [0.1, 0.15) is 19.3 Å². The molecule has 0 radical (unpaired) electrons. The van der Waals surface area contributed by atoms with Crippen LogP contribution in [0.15, 0.2) is 0 Å². The summed E-state index contributed by atoms with van der Waals surface area (Å²) in [6.45, 7) is 0.429. The smallest absolute Gasteiger partial charge is 0.407 e. The molecule has 4 nitrogen and oxygen atoms in total. The van der Waals surface area contributed by atoms with E-state index in [9.17, 15) is 9.59 Å². The van der Waals surface area contributed by atoms with Crippen LogP contribution in [0.25, 0.3) is 0 Å². The summed E-state index contributed by atoms with van der Waals surface area (Å²) in [7, 11) is 0. The predicted molar refractivity (Wildman–Crippen MR) is 40.9 cm³/mol. The number of fused-ring (bicyclic) bond motifs is 3. The van der Waals surface area contributed by atoms with E-state index >= 15 is 0 Å². The molecule has 3 aliphatic rings. The van der Waals surface area contributed by atoms with Crippen molar-refractivity contribution < 1.29 is 14.7 Å². The van der Waals surface area contributed by atoms with Gasteiger partial charge in [0.05, 0.1) is 0 Å². The van der Waals surface area contributed by atoms with E-state index in [1.54, 1.807) is 0 Å². The Hall–Kier alpha value is -1.06. The van der Waals surface area contributed by atoms with E-state index in [1.807, 2.05) is 0 Å². The van der Waals surface area contributed by atoms with Crippen LogP contribution in [0, 0.1) is 5.92 Å². The Balaban J connectivity index is 2.15. The lowest BCUT2D eigenvalue weighted by Gasteiger charge is -2.42. The third-order valence-corrected chi connectivity index (χ3v) is 2.84. The molecule has 0 aromatic rings. The molecule has 1 aliphatic carbocycles. The van der Waals surface area contributed by atoms with E-state index in [0.717, 1.165) is 12.8 Å². The molecule has 1 amide bonds. The van der Waals surface area contributed by atoms with Gasteiger partial charge in [-0.05, 0) is 12.8 Å². The third kappa shape index (κ3) is 0.983. The maximum atomic E-state index is 11.2. The van der Waals surface area contributed by atoms with Gasteiger partial charge < -0.3 is 10.0 Å². The zero-order chi connectivity index (χ0) is 8.72. The molecular weight excluding hydrogens is 158 g/mol. The molecule has 1 N–H and O–H groups in total. The van der Waals surface area contributed by atoms with E-state index in [0.29, 0.717) is 13.0 Å². The molecule has 1 saturated carbocycles. The average molecular weight is 169 g/mol. The molecule has 66 valence electrons. The Bertz CT molecular complexity index is 238. The van der Waals surface area contributed by atoms with Crippen LogP contribution in [0.3, 0.4) is 0 Å². The molecule has 3 rings (SSSR count). The summed E-state index contributed by atoms with van der Waals surface area (Å²) in [4.78, 5) is 23.3. The van der Waals surface area contributed by atoms with Gasteiger partial charge >= 0.3 is 6.09 Å². The number of hydrogen-bond acceptors (Lipinski definition) is 2. The highest BCUT2D eigenvalue weighted by atomic mass is 16.4. The number of nitrogens with zero attached hydrogens (tertiary/aromatic N) is 1. The largest absolute Gasteiger partial charge is 0.465 e. The molecule has 0 aromatic heterocycles. The van der Waals surface area contributed by atoms with E-state index in [4.69, 9.17) is 5.11 Å². The van der Waals surface area contributed by atoms with Crippen LogP contribution < -0.4 is 0 Å². The normalized spacial score (nSPS) is 34.0. The summed E-state index contributed by atoms with van der Waals surface area (Å²) < 4.78 is 0. The van der Waals surface area contributed by atoms with Crippen LogP contribution in [-0.4, -0.2) is 34.5 Å². The Kier molecular flexibility index (Phi) is 1.56. The zero-order valence-corrected chi connectivity index (χ0v) is 6.69. The van der Waals surface area contributed by atoms with Crippen molar-refractivity contribution in [1.82, 2.24) is 4.90 Å². The lowest BCUT2D eigenvalue weighted by atomic mass is 9.79. The number of carbonyl (C=O) groups is 2. The quantitative estimate of drug-likeness (QED) is 0.581. The van der Waals surface area contributed by atoms with Crippen LogP contribution >= 0.6 is 0 Å². The van der Waals surface area contributed by atoms with Crippen molar-refractivity contribution in [3.05, 3.63) is 0 Å². The number of carboxylic acid groups (broad SMARTS) is 1. The number of carbonyl (C=O) groups excluding carboxylic acids is 1. The number of rotatable bonds is 0. The fraction of sp³-hybridized carbons (Fsp3) is 0.750. The van der Waals surface area contributed by atoms with Gasteiger partial charge in [0, 0.05) is 24.9 Å². The molecule has 2 unspecified atom stereocenters. The Morgan fingerprint density at radius 3 is 2.67 bits per heavy atom. The topological polar surface area (TPSA) is 57.6 Å². The van der Waals surface area contributed by atoms with Gasteiger partial charge in [-0.15, -0.1) is 0 Å². The molecule has 12 heavy (non-hydrogen) atoms. The molecule has 2 saturated heterocycles. The van der Waals surface area contributed by atoms with E-state index in [-0.39, 0.29) is 17.7 Å². The van der Waals surface area contributed by atoms with Crippen molar-refractivity contribution in [2.24, 2.45) is 5.92 Å². The van der Waals surface area contributed by atoms with Crippen molar-refractivity contribution in [2.75, 3.05) is 6.54 Å². The van der Waals surface area contributed by atoms with Gasteiger partial charge in [0.15, 0.2) is 0 Å². The van der Waals surface area contributed by atoms with Gasteiger partial charge in [-0.3, -0.25) is 4.79 Å². The first-order valence-electron chi connectivity index (χ1n) is 4.21. The van der Waals surface area contributed by atoms with Gasteiger partial charge in [0.1, 0.15) is 5.78 Å². The maximum Gasteiger partial charge on any atom is 0.407 e. The number of ketones is 1. The molecule has 0 spiro atoms. The van der Waals surface area contributed by atoms with Gasteiger partial charge in [-0.2, -0.15) is 0 Å². The fourth-order valence-corrected chi connectivity index (χ4v) is 2.14. The summed E-state index contributed by atoms with van der Waals surface area (Å²) in [5.41, 5.74) is 0. The minimum absolute atomic E-state index is 0.00824. The Morgan fingerprint density at radius 2 is 2.25 bits per heavy atom. The molecule has 4 heteroatoms. The Morgan fingerprint density at radius 1 is 1.50 bits per heavy atom. The second-order valence-electron chi connectivity index (χ2n) is 3.53. The molecule has 3 fully saturated rings. The van der Waals surface area contributed by atoms with Gasteiger partial charge in [0.2, 0.25) is 0 Å². The van der Waals surface area contributed by atoms with Crippen molar-refractivity contribution in [2.45, 2.75) is 25.3 Å². The van der Waals surface area contributed by atoms with Crippen LogP contribution in [0.2, 0.25) is 0 Å². The second-order valence-corrected chi connectivity index (χ2v) is 3.53. The monoisotopic (exact) mass is 169 g/mol. The predicted octanol–water partition coefficient (Wildman–Crippen LogP) is 0.718. The average Bonchev–Trinajstić information content (AvgIpc) is 2.04. The summed E-state index contributed by atoms with van der Waals surface area (Å²) in [6, 6.07) is -0.0278. The highest BCUT2D eigenvalue weighted by Gasteiger charge is 2.41. The van der Waals surface area contributed by atoms with E-state index < -0.39 is 6.09 Å². The standard InChI is InChI=1S/C8H11NO3/c10-7-3-6-2-1-5(7)4-9(6)8(11)12/h5-6H,1-4H2,(H,11,12). The molecule has 0 aromatic carbocycles. The number of Topliss-reactive ketones (excluding diaryl/α,β-unsaturated/α-hetero) is 1. The highest BCUT2D eigenvalue weighted by Crippen LogP contribution is 2.32. The first-order valence-corrected chi connectivity index (χ1v) is 4.21. The summed E-state index contributed by atoms with van der Waals surface area (Å²) in [6.07, 6.45) is 1.31. The van der Waals surface area contributed by atoms with Crippen LogP contribution in [0.4, 0.5) is 4.79 Å². The SMILES string of the molecule is O=C1CC2CCC1CN2C(=O)O. The number of amides is 1. The van der Waals surface area contributed by atoms with Gasteiger partial charge in [0.25, 0.3) is 0 Å². The first-order chi connectivity index (χ1) is 5.68. The summed E-state index contributed by atoms with van der Waals surface area (Å²) in [5, 5.41) is 8.76. The van der Waals surface area contributed by atoms with Crippen molar-refractivity contribution in [3.63, 3.8) is 0 Å². The molecule has 2 heterocycles. The van der Waals surface area contributed by atoms with Crippen LogP contribution in [-0.2, 0) is 4.79 Å². The lowest BCUT2D eigenvalue weighted by Crippen LogP contribution is -2.54. The molecule has 2 bridgehead atoms. The Labute approximate surface area is 70.2 Å².